The van der Waals surface area contributed by atoms with Crippen molar-refractivity contribution in [2.75, 3.05) is 25.4 Å². The van der Waals surface area contributed by atoms with E-state index in [-0.39, 0.29) is 59.7 Å². The number of hydrogen-bond donors (Lipinski definition) is 15. The number of aryl methyl sites for hydroxylation is 1. The normalized spacial score (nSPS) is 15.6. The van der Waals surface area contributed by atoms with Gasteiger partial charge in [0.05, 0.1) is 44.4 Å². The molecule has 1 aliphatic heterocycles. The first kappa shape index (κ1) is 75.2. The highest BCUT2D eigenvalue weighted by molar-refractivity contribution is 5.98. The monoisotopic (exact) mass is 1440 g/mol. The van der Waals surface area contributed by atoms with E-state index in [2.05, 4.69) is 116 Å². The van der Waals surface area contributed by atoms with E-state index in [0.717, 1.165) is 110 Å². The van der Waals surface area contributed by atoms with Crippen LogP contribution in [0.3, 0.4) is 0 Å². The van der Waals surface area contributed by atoms with E-state index in [0.29, 0.717) is 45.1 Å². The van der Waals surface area contributed by atoms with Gasteiger partial charge in [0.25, 0.3) is 0 Å². The lowest BCUT2D eigenvalue weighted by atomic mass is 9.98. The zero-order chi connectivity index (χ0) is 74.9. The fraction of sp³-hybridized carbons (Fsp3) is 0.205. The summed E-state index contributed by atoms with van der Waals surface area (Å²) in [5.74, 6) is 0.310. The number of aliphatic hydroxyl groups is 1. The third-order valence-electron chi connectivity index (χ3n) is 18.7. The lowest BCUT2D eigenvalue weighted by Crippen LogP contribution is -2.46. The lowest BCUT2D eigenvalue weighted by Gasteiger charge is -2.22. The van der Waals surface area contributed by atoms with Crippen LogP contribution in [0.25, 0.3) is 43.1 Å². The summed E-state index contributed by atoms with van der Waals surface area (Å²) in [6.45, 7) is 4.19. The number of anilines is 1. The molecule has 0 saturated carbocycles. The predicted octanol–water partition coefficient (Wildman–Crippen LogP) is 11.1. The van der Waals surface area contributed by atoms with Crippen LogP contribution in [0.2, 0.25) is 0 Å². The number of aliphatic imine (C=N–C) groups is 4. The topological polar surface area (TPSA) is 376 Å². The molecule has 8 amide bonds. The second-order valence-corrected chi connectivity index (χ2v) is 25.9. The molecule has 1 heterocycles. The van der Waals surface area contributed by atoms with E-state index in [9.17, 15) is 28.7 Å². The Hall–Kier alpha value is -12.9. The molecule has 1 unspecified atom stereocenters. The van der Waals surface area contributed by atoms with Crippen LogP contribution in [0.1, 0.15) is 81.4 Å². The summed E-state index contributed by atoms with van der Waals surface area (Å²) in [5.41, 5.74) is 38.2. The molecule has 1 fully saturated rings. The van der Waals surface area contributed by atoms with Gasteiger partial charge in [0.2, 0.25) is 0 Å². The third-order valence-corrected chi connectivity index (χ3v) is 18.7. The van der Waals surface area contributed by atoms with Gasteiger partial charge in [-0.25, -0.2) is 43.5 Å². The molecule has 0 spiro atoms. The van der Waals surface area contributed by atoms with Gasteiger partial charge >= 0.3 is 24.1 Å². The molecule has 11 aromatic carbocycles. The van der Waals surface area contributed by atoms with Crippen LogP contribution in [-0.4, -0.2) is 78.8 Å². The summed E-state index contributed by atoms with van der Waals surface area (Å²) in [6.07, 6.45) is 3.92. The Labute approximate surface area is 619 Å². The van der Waals surface area contributed by atoms with Gasteiger partial charge < -0.3 is 60.4 Å². The Bertz CT molecular complexity index is 5020. The highest BCUT2D eigenvalue weighted by Crippen LogP contribution is 2.33. The van der Waals surface area contributed by atoms with Gasteiger partial charge in [0, 0.05) is 30.8 Å². The first-order chi connectivity index (χ1) is 52.1. The van der Waals surface area contributed by atoms with Crippen molar-refractivity contribution in [2.45, 2.75) is 83.0 Å². The largest absolute Gasteiger partial charge is 0.398 e. The van der Waals surface area contributed by atoms with E-state index >= 15 is 0 Å². The fourth-order valence-corrected chi connectivity index (χ4v) is 13.2. The summed E-state index contributed by atoms with van der Waals surface area (Å²) in [5, 5.41) is 43.9. The molecule has 14 rings (SSSR count). The molecule has 24 heteroatoms. The van der Waals surface area contributed by atoms with E-state index in [1.165, 1.54) is 28.6 Å². The highest BCUT2D eigenvalue weighted by Gasteiger charge is 2.32. The van der Waals surface area contributed by atoms with Crippen molar-refractivity contribution in [3.05, 3.63) is 292 Å². The number of nitrogens with two attached hydrogens (primary N) is 5. The van der Waals surface area contributed by atoms with Gasteiger partial charge in [-0.05, 0) is 144 Å². The number of aliphatic hydroxyl groups excluding tert-OH is 1. The number of fused-ring (bicyclic) bond motifs is 6. The fourth-order valence-electron chi connectivity index (χ4n) is 13.2. The molecule has 20 N–H and O–H groups in total. The Kier molecular flexibility index (Phi) is 26.4. The van der Waals surface area contributed by atoms with Crippen LogP contribution in [-0.2, 0) is 45.6 Å². The Morgan fingerprint density at radius 2 is 0.813 bits per heavy atom. The molecule has 11 aromatic rings. The Morgan fingerprint density at radius 3 is 1.28 bits per heavy atom. The molecule has 3 atom stereocenters. The van der Waals surface area contributed by atoms with Crippen molar-refractivity contribution in [2.24, 2.45) is 48.8 Å². The maximum absolute atomic E-state index is 13.7. The molecule has 0 radical (unpaired) electrons. The molecule has 0 aromatic heterocycles. The minimum absolute atomic E-state index is 0.0204. The van der Waals surface area contributed by atoms with E-state index in [1.807, 2.05) is 170 Å². The van der Waals surface area contributed by atoms with Crippen LogP contribution in [0.5, 0.6) is 0 Å². The van der Waals surface area contributed by atoms with Gasteiger partial charge in [-0.3, -0.25) is 21.3 Å². The third kappa shape index (κ3) is 21.4. The van der Waals surface area contributed by atoms with Crippen LogP contribution in [0.4, 0.5) is 29.3 Å². The van der Waals surface area contributed by atoms with Crippen LogP contribution in [0, 0.1) is 11.7 Å². The number of halogens is 1. The van der Waals surface area contributed by atoms with Gasteiger partial charge in [-0.1, -0.05) is 224 Å². The number of nitrogens with one attached hydrogen (secondary N) is 9. The summed E-state index contributed by atoms with van der Waals surface area (Å²) in [6, 6.07) is 74.5. The number of carbonyl (C=O) groups is 4. The Morgan fingerprint density at radius 1 is 0.430 bits per heavy atom. The lowest BCUT2D eigenvalue weighted by molar-refractivity contribution is 0.143. The number of rotatable bonds is 14. The maximum Gasteiger partial charge on any atom is 0.322 e. The molecule has 1 saturated heterocycles. The molecule has 3 aliphatic rings. The SMILES string of the molecule is NC(=NCc1cccc2ccccc12)NC(=O)NC1CCc2ccccc21.NC(=NCc1cccc2ccccc12)NC(=O)NCC1CCNCC1.NC(=NCc1cccc2ccccc12)NC(=O)NCc1c(N)cccc1F.NC(=NCc1cccc2ccccc12)NC(=O)N[C@H]1c2ccccc2C[C@H]1O. The number of amides is 8. The summed E-state index contributed by atoms with van der Waals surface area (Å²) < 4.78 is 13.7. The van der Waals surface area contributed by atoms with E-state index in [4.69, 9.17) is 28.7 Å². The summed E-state index contributed by atoms with van der Waals surface area (Å²) >= 11 is 0. The number of nitrogen functional groups attached to an aromatic ring is 1. The Balaban J connectivity index is 0.000000142. The number of benzene rings is 11. The number of hydrogen-bond acceptors (Lipinski definition) is 11. The number of nitrogens with zero attached hydrogens (tertiary/aromatic N) is 4. The summed E-state index contributed by atoms with van der Waals surface area (Å²) in [4.78, 5) is 65.5. The molecule has 107 heavy (non-hydrogen) atoms. The van der Waals surface area contributed by atoms with Crippen molar-refractivity contribution in [1.82, 2.24) is 47.9 Å². The average Bonchev–Trinajstić information content (AvgIpc) is 1.73. The smallest absolute Gasteiger partial charge is 0.322 e. The minimum atomic E-state index is -0.656. The molecule has 0 bridgehead atoms. The second kappa shape index (κ2) is 37.5. The van der Waals surface area contributed by atoms with Crippen LogP contribution in [0.15, 0.2) is 257 Å². The van der Waals surface area contributed by atoms with E-state index < -0.39 is 30.0 Å². The van der Waals surface area contributed by atoms with E-state index in [1.54, 1.807) is 6.07 Å². The average molecular weight is 1440 g/mol. The van der Waals surface area contributed by atoms with Crippen molar-refractivity contribution >= 4 is 96.7 Å². The molecular formula is C83H89FN18O5. The molecular weight excluding hydrogens is 1350 g/mol. The number of urea groups is 4. The van der Waals surface area contributed by atoms with Crippen molar-refractivity contribution in [3.63, 3.8) is 0 Å². The zero-order valence-corrected chi connectivity index (χ0v) is 59.2. The van der Waals surface area contributed by atoms with Crippen LogP contribution < -0.4 is 76.5 Å². The molecule has 548 valence electrons. The highest BCUT2D eigenvalue weighted by atomic mass is 19.1. The standard InChI is InChI=1S/C22H22N4O2.C22H22N4O.C20H20FN5O.C19H25N5O/c23-21(24-13-16-9-5-8-14-6-1-3-10-17(14)16)26-22(28)25-20-18-11-4-2-7-15(18)12-19(20)27;23-21(24-14-17-9-5-8-15-6-1-3-10-18(15)17)26-22(27)25-20-13-12-16-7-2-4-11-19(16)20;21-17-9-4-10-18(22)16(17)12-25-20(27)26-19(23)24-11-14-7-3-6-13-5-1-2-8-15(13)14;20-18(24-19(25)23-12-14-8-10-21-11-9-14)22-13-16-6-3-5-15-4-1-2-7-17(15)16/h1-11,19-20,27H,12-13H2,(H4,23,24,25,26,28);1-11,20H,12-14H2,(H4,23,24,25,26,27);1-10H,11-12,22H2,(H4,23,24,25,26,27);1-7,14,21H,8-13H2,(H4,20,22,23,24,25)/t19-,20+;;;/m1.../s1. The quantitative estimate of drug-likeness (QED) is 0.0276. The van der Waals surface area contributed by atoms with Gasteiger partial charge in [0.1, 0.15) is 5.82 Å². The molecule has 2 aliphatic carbocycles. The minimum Gasteiger partial charge on any atom is -0.398 e. The zero-order valence-electron chi connectivity index (χ0n) is 59.2. The maximum atomic E-state index is 13.7. The van der Waals surface area contributed by atoms with Gasteiger partial charge in [-0.2, -0.15) is 0 Å². The van der Waals surface area contributed by atoms with Gasteiger partial charge in [0.15, 0.2) is 23.8 Å². The summed E-state index contributed by atoms with van der Waals surface area (Å²) in [7, 11) is 0. The van der Waals surface area contributed by atoms with Crippen molar-refractivity contribution < 1.29 is 28.7 Å². The first-order valence-corrected chi connectivity index (χ1v) is 35.5. The van der Waals surface area contributed by atoms with Crippen LogP contribution >= 0.6 is 0 Å². The number of guanidine groups is 4. The van der Waals surface area contributed by atoms with Crippen molar-refractivity contribution in [1.29, 1.82) is 0 Å². The molecule has 23 nitrogen and oxygen atoms in total. The van der Waals surface area contributed by atoms with Crippen molar-refractivity contribution in [3.8, 4) is 0 Å². The number of piperidine rings is 1. The van der Waals surface area contributed by atoms with Gasteiger partial charge in [-0.15, -0.1) is 0 Å². The number of carbonyl (C=O) groups excluding carboxylic acids is 4. The first-order valence-electron chi connectivity index (χ1n) is 35.5. The second-order valence-electron chi connectivity index (χ2n) is 25.9. The predicted molar refractivity (Wildman–Crippen MR) is 425 cm³/mol.